The molecule has 114 valence electrons. The molecule has 0 unspecified atom stereocenters. The Morgan fingerprint density at radius 1 is 1.00 bits per heavy atom. The Labute approximate surface area is 138 Å². The van der Waals surface area contributed by atoms with Gasteiger partial charge < -0.3 is 10.4 Å². The van der Waals surface area contributed by atoms with E-state index in [2.05, 4.69) is 35.4 Å². The molecule has 0 aliphatic rings. The Bertz CT molecular complexity index is 1040. The van der Waals surface area contributed by atoms with Gasteiger partial charge in [0.15, 0.2) is 0 Å². The van der Waals surface area contributed by atoms with E-state index in [9.17, 15) is 5.11 Å². The summed E-state index contributed by atoms with van der Waals surface area (Å²) in [5, 5.41) is 15.5. The van der Waals surface area contributed by atoms with Crippen molar-refractivity contribution in [2.45, 2.75) is 13.8 Å². The number of fused-ring (bicyclic) bond motifs is 2. The van der Waals surface area contributed by atoms with Gasteiger partial charge in [0.25, 0.3) is 0 Å². The van der Waals surface area contributed by atoms with Gasteiger partial charge in [-0.05, 0) is 55.1 Å². The number of hydrogen-bond acceptors (Lipinski definition) is 4. The van der Waals surface area contributed by atoms with E-state index in [1.54, 1.807) is 23.5 Å². The van der Waals surface area contributed by atoms with Crippen LogP contribution in [0.15, 0.2) is 48.7 Å². The van der Waals surface area contributed by atoms with Crippen molar-refractivity contribution in [3.8, 4) is 5.75 Å². The normalized spacial score (nSPS) is 11.2. The topological polar surface area (TPSA) is 45.2 Å². The summed E-state index contributed by atoms with van der Waals surface area (Å²) < 4.78 is 1.26. The van der Waals surface area contributed by atoms with Crippen LogP contribution in [-0.2, 0) is 0 Å². The van der Waals surface area contributed by atoms with E-state index in [-0.39, 0.29) is 5.75 Å². The lowest BCUT2D eigenvalue weighted by molar-refractivity contribution is 0.475. The Morgan fingerprint density at radius 3 is 2.74 bits per heavy atom. The van der Waals surface area contributed by atoms with Crippen LogP contribution in [0.2, 0.25) is 0 Å². The summed E-state index contributed by atoms with van der Waals surface area (Å²) in [4.78, 5) is 5.80. The van der Waals surface area contributed by atoms with Crippen molar-refractivity contribution in [1.82, 2.24) is 4.98 Å². The predicted octanol–water partition coefficient (Wildman–Crippen LogP) is 5.52. The highest BCUT2D eigenvalue weighted by atomic mass is 32.1. The lowest BCUT2D eigenvalue weighted by Crippen LogP contribution is -1.94. The van der Waals surface area contributed by atoms with Crippen molar-refractivity contribution < 1.29 is 5.11 Å². The number of aromatic hydroxyl groups is 1. The van der Waals surface area contributed by atoms with Crippen LogP contribution in [0.1, 0.15) is 10.4 Å². The van der Waals surface area contributed by atoms with E-state index >= 15 is 0 Å². The average Bonchev–Trinajstić information content (AvgIpc) is 2.88. The minimum absolute atomic E-state index is 0.257. The van der Waals surface area contributed by atoms with Gasteiger partial charge in [0, 0.05) is 38.6 Å². The number of hydrogen-bond donors (Lipinski definition) is 2. The maximum absolute atomic E-state index is 9.72. The maximum atomic E-state index is 9.72. The number of phenols is 1. The van der Waals surface area contributed by atoms with Gasteiger partial charge in [-0.1, -0.05) is 6.07 Å². The Kier molecular flexibility index (Phi) is 3.20. The molecule has 0 bridgehead atoms. The van der Waals surface area contributed by atoms with Crippen LogP contribution in [0.4, 0.5) is 11.4 Å². The monoisotopic (exact) mass is 320 g/mol. The molecule has 0 aliphatic heterocycles. The number of benzene rings is 2. The molecule has 4 heteroatoms. The molecule has 0 fully saturated rings. The fraction of sp³-hybridized carbons (Fsp3) is 0.105. The lowest BCUT2D eigenvalue weighted by Gasteiger charge is -2.12. The number of anilines is 2. The first-order valence-corrected chi connectivity index (χ1v) is 8.27. The SMILES string of the molecule is Cc1cc2cc3nccc(Nc4cc(O)ccc4C)c3cc2s1. The molecule has 0 amide bonds. The third-order valence-corrected chi connectivity index (χ3v) is 5.01. The molecule has 2 aromatic heterocycles. The molecule has 23 heavy (non-hydrogen) atoms. The third kappa shape index (κ3) is 2.51. The van der Waals surface area contributed by atoms with E-state index in [1.165, 1.54) is 15.0 Å². The lowest BCUT2D eigenvalue weighted by atomic mass is 10.1. The number of aromatic nitrogens is 1. The average molecular weight is 320 g/mol. The number of pyridine rings is 1. The molecular formula is C19H16N2OS. The summed E-state index contributed by atoms with van der Waals surface area (Å²) >= 11 is 1.79. The molecule has 0 aliphatic carbocycles. The maximum Gasteiger partial charge on any atom is 0.117 e. The summed E-state index contributed by atoms with van der Waals surface area (Å²) in [7, 11) is 0. The summed E-state index contributed by atoms with van der Waals surface area (Å²) in [5.74, 6) is 0.257. The van der Waals surface area contributed by atoms with Crippen molar-refractivity contribution in [2.75, 3.05) is 5.32 Å². The number of phenolic OH excluding ortho intramolecular Hbond substituents is 1. The number of nitrogens with one attached hydrogen (secondary N) is 1. The van der Waals surface area contributed by atoms with Crippen LogP contribution in [0, 0.1) is 13.8 Å². The zero-order valence-electron chi connectivity index (χ0n) is 12.9. The summed E-state index contributed by atoms with van der Waals surface area (Å²) in [5.41, 5.74) is 3.95. The summed E-state index contributed by atoms with van der Waals surface area (Å²) in [6, 6.07) is 13.8. The van der Waals surface area contributed by atoms with Crippen molar-refractivity contribution in [2.24, 2.45) is 0 Å². The Morgan fingerprint density at radius 2 is 1.87 bits per heavy atom. The molecule has 2 N–H and O–H groups in total. The minimum atomic E-state index is 0.257. The van der Waals surface area contributed by atoms with Crippen LogP contribution >= 0.6 is 11.3 Å². The predicted molar refractivity (Wildman–Crippen MR) is 98.0 cm³/mol. The van der Waals surface area contributed by atoms with Crippen LogP contribution in [0.5, 0.6) is 5.75 Å². The van der Waals surface area contributed by atoms with E-state index in [0.717, 1.165) is 27.8 Å². The van der Waals surface area contributed by atoms with Crippen molar-refractivity contribution in [3.05, 3.63) is 59.1 Å². The molecule has 0 spiro atoms. The van der Waals surface area contributed by atoms with Gasteiger partial charge >= 0.3 is 0 Å². The molecule has 0 saturated heterocycles. The standard InChI is InChI=1S/C19H16N2OS/c1-11-3-4-14(22)9-17(11)21-16-5-6-20-18-8-13-7-12(2)23-19(13)10-15(16)18/h3-10,22H,1-2H3,(H,20,21). The van der Waals surface area contributed by atoms with Crippen LogP contribution in [-0.4, -0.2) is 10.1 Å². The first kappa shape index (κ1) is 14.0. The Hall–Kier alpha value is -2.59. The third-order valence-electron chi connectivity index (χ3n) is 3.99. The molecule has 0 atom stereocenters. The van der Waals surface area contributed by atoms with Gasteiger partial charge in [0.2, 0.25) is 0 Å². The number of nitrogens with zero attached hydrogens (tertiary/aromatic N) is 1. The molecular weight excluding hydrogens is 304 g/mol. The van der Waals surface area contributed by atoms with Gasteiger partial charge in [0.05, 0.1) is 5.52 Å². The quantitative estimate of drug-likeness (QED) is 0.511. The highest BCUT2D eigenvalue weighted by Crippen LogP contribution is 2.34. The van der Waals surface area contributed by atoms with Gasteiger partial charge in [-0.2, -0.15) is 0 Å². The number of rotatable bonds is 2. The summed E-state index contributed by atoms with van der Waals surface area (Å²) in [6.07, 6.45) is 1.81. The zero-order chi connectivity index (χ0) is 16.0. The highest BCUT2D eigenvalue weighted by molar-refractivity contribution is 7.19. The molecule has 3 nitrogen and oxygen atoms in total. The second-order valence-electron chi connectivity index (χ2n) is 5.75. The Balaban J connectivity index is 1.89. The van der Waals surface area contributed by atoms with Gasteiger partial charge in [0.1, 0.15) is 5.75 Å². The van der Waals surface area contributed by atoms with Crippen molar-refractivity contribution in [3.63, 3.8) is 0 Å². The van der Waals surface area contributed by atoms with E-state index in [4.69, 9.17) is 0 Å². The fourth-order valence-corrected chi connectivity index (χ4v) is 3.76. The van der Waals surface area contributed by atoms with Gasteiger partial charge in [-0.15, -0.1) is 11.3 Å². The van der Waals surface area contributed by atoms with Crippen LogP contribution in [0.3, 0.4) is 0 Å². The van der Waals surface area contributed by atoms with Crippen LogP contribution < -0.4 is 5.32 Å². The minimum Gasteiger partial charge on any atom is -0.508 e. The van der Waals surface area contributed by atoms with Gasteiger partial charge in [-0.25, -0.2) is 0 Å². The summed E-state index contributed by atoms with van der Waals surface area (Å²) in [6.45, 7) is 4.14. The van der Waals surface area contributed by atoms with E-state index < -0.39 is 0 Å². The van der Waals surface area contributed by atoms with Crippen molar-refractivity contribution in [1.29, 1.82) is 0 Å². The fourth-order valence-electron chi connectivity index (χ4n) is 2.81. The number of aryl methyl sites for hydroxylation is 2. The first-order chi connectivity index (χ1) is 11.1. The second kappa shape index (κ2) is 5.25. The zero-order valence-corrected chi connectivity index (χ0v) is 13.7. The molecule has 4 rings (SSSR count). The molecule has 4 aromatic rings. The largest absolute Gasteiger partial charge is 0.508 e. The van der Waals surface area contributed by atoms with Gasteiger partial charge in [-0.3, -0.25) is 4.98 Å². The second-order valence-corrected chi connectivity index (χ2v) is 7.03. The highest BCUT2D eigenvalue weighted by Gasteiger charge is 2.08. The smallest absolute Gasteiger partial charge is 0.117 e. The number of thiophene rings is 1. The molecule has 2 aromatic carbocycles. The van der Waals surface area contributed by atoms with Crippen LogP contribution in [0.25, 0.3) is 21.0 Å². The molecule has 0 radical (unpaired) electrons. The van der Waals surface area contributed by atoms with E-state index in [1.807, 2.05) is 25.3 Å². The first-order valence-electron chi connectivity index (χ1n) is 7.46. The van der Waals surface area contributed by atoms with E-state index in [0.29, 0.717) is 0 Å². The molecule has 0 saturated carbocycles. The molecule has 2 heterocycles. The van der Waals surface area contributed by atoms with Crippen molar-refractivity contribution >= 4 is 43.7 Å².